The highest BCUT2D eigenvalue weighted by Crippen LogP contribution is 2.35. The minimum Gasteiger partial charge on any atom is -0.340 e. The molecule has 128 valence electrons. The second-order valence-corrected chi connectivity index (χ2v) is 5.06. The average Bonchev–Trinajstić information content (AvgIpc) is 2.57. The lowest BCUT2D eigenvalue weighted by Crippen LogP contribution is -2.09. The van der Waals surface area contributed by atoms with Crippen LogP contribution in [0.1, 0.15) is 5.56 Å². The van der Waals surface area contributed by atoms with Gasteiger partial charge >= 0.3 is 6.18 Å². The van der Waals surface area contributed by atoms with Gasteiger partial charge in [0.15, 0.2) is 0 Å². The van der Waals surface area contributed by atoms with Crippen molar-refractivity contribution in [3.05, 3.63) is 72.3 Å². The third kappa shape index (κ3) is 4.03. The Kier molecular flexibility index (Phi) is 4.51. The summed E-state index contributed by atoms with van der Waals surface area (Å²) in [6, 6.07) is 12.4. The first-order valence-corrected chi connectivity index (χ1v) is 7.20. The van der Waals surface area contributed by atoms with Crippen LogP contribution >= 0.6 is 0 Å². The predicted octanol–water partition coefficient (Wildman–Crippen LogP) is 5.12. The maximum atomic E-state index is 13.7. The molecule has 0 fully saturated rings. The molecule has 0 aliphatic rings. The van der Waals surface area contributed by atoms with Crippen molar-refractivity contribution in [3.8, 4) is 0 Å². The molecule has 0 unspecified atom stereocenters. The van der Waals surface area contributed by atoms with Gasteiger partial charge in [-0.1, -0.05) is 24.3 Å². The van der Waals surface area contributed by atoms with Crippen LogP contribution < -0.4 is 10.6 Å². The standard InChI is InChI=1S/C17H12F4N4/c18-12-6-2-4-8-14(12)25-16-9-15(22-10-23-16)24-13-7-3-1-5-11(13)17(19,20)21/h1-10H,(H2,22,23,24,25). The van der Waals surface area contributed by atoms with Gasteiger partial charge < -0.3 is 10.6 Å². The molecule has 0 aliphatic carbocycles. The van der Waals surface area contributed by atoms with E-state index in [0.29, 0.717) is 0 Å². The number of halogens is 4. The van der Waals surface area contributed by atoms with Crippen molar-refractivity contribution in [2.75, 3.05) is 10.6 Å². The quantitative estimate of drug-likeness (QED) is 0.643. The second kappa shape index (κ2) is 6.76. The fraction of sp³-hybridized carbons (Fsp3) is 0.0588. The van der Waals surface area contributed by atoms with Gasteiger partial charge in [0.1, 0.15) is 23.8 Å². The summed E-state index contributed by atoms with van der Waals surface area (Å²) in [5.41, 5.74) is -0.745. The zero-order valence-corrected chi connectivity index (χ0v) is 12.7. The van der Waals surface area contributed by atoms with E-state index in [1.807, 2.05) is 0 Å². The van der Waals surface area contributed by atoms with Gasteiger partial charge in [-0.15, -0.1) is 0 Å². The highest BCUT2D eigenvalue weighted by molar-refractivity contribution is 5.65. The topological polar surface area (TPSA) is 49.8 Å². The number of nitrogens with zero attached hydrogens (tertiary/aromatic N) is 2. The Morgan fingerprint density at radius 3 is 1.96 bits per heavy atom. The number of anilines is 4. The van der Waals surface area contributed by atoms with Gasteiger partial charge in [0, 0.05) is 6.07 Å². The van der Waals surface area contributed by atoms with Crippen molar-refractivity contribution >= 4 is 23.0 Å². The third-order valence-corrected chi connectivity index (χ3v) is 3.30. The van der Waals surface area contributed by atoms with Crippen LogP contribution in [0.25, 0.3) is 0 Å². The van der Waals surface area contributed by atoms with Crippen LogP contribution in [0.15, 0.2) is 60.9 Å². The minimum atomic E-state index is -4.50. The van der Waals surface area contributed by atoms with Gasteiger partial charge in [0.25, 0.3) is 0 Å². The van der Waals surface area contributed by atoms with Gasteiger partial charge in [-0.25, -0.2) is 14.4 Å². The number of benzene rings is 2. The van der Waals surface area contributed by atoms with E-state index in [4.69, 9.17) is 0 Å². The van der Waals surface area contributed by atoms with Crippen molar-refractivity contribution in [1.29, 1.82) is 0 Å². The molecule has 0 amide bonds. The smallest absolute Gasteiger partial charge is 0.340 e. The maximum absolute atomic E-state index is 13.7. The number of alkyl halides is 3. The van der Waals surface area contributed by atoms with Crippen molar-refractivity contribution in [2.24, 2.45) is 0 Å². The molecule has 2 aromatic carbocycles. The first kappa shape index (κ1) is 16.7. The molecule has 0 saturated heterocycles. The SMILES string of the molecule is Fc1ccccc1Nc1cc(Nc2ccccc2C(F)(F)F)ncn1. The van der Waals surface area contributed by atoms with Crippen LogP contribution in [0.3, 0.4) is 0 Å². The summed E-state index contributed by atoms with van der Waals surface area (Å²) in [7, 11) is 0. The number of nitrogens with one attached hydrogen (secondary N) is 2. The van der Waals surface area contributed by atoms with Gasteiger partial charge in [0.05, 0.1) is 16.9 Å². The Bertz CT molecular complexity index is 880. The first-order chi connectivity index (χ1) is 11.9. The molecule has 0 saturated carbocycles. The molecule has 0 bridgehead atoms. The first-order valence-electron chi connectivity index (χ1n) is 7.20. The molecule has 0 aliphatic heterocycles. The highest BCUT2D eigenvalue weighted by atomic mass is 19.4. The summed E-state index contributed by atoms with van der Waals surface area (Å²) in [5.74, 6) is -0.0873. The van der Waals surface area contributed by atoms with Crippen molar-refractivity contribution < 1.29 is 17.6 Å². The monoisotopic (exact) mass is 348 g/mol. The summed E-state index contributed by atoms with van der Waals surface area (Å²) >= 11 is 0. The van der Waals surface area contributed by atoms with E-state index in [2.05, 4.69) is 20.6 Å². The molecule has 25 heavy (non-hydrogen) atoms. The van der Waals surface area contributed by atoms with Crippen LogP contribution in [-0.4, -0.2) is 9.97 Å². The molecule has 3 rings (SSSR count). The van der Waals surface area contributed by atoms with E-state index >= 15 is 0 Å². The maximum Gasteiger partial charge on any atom is 0.418 e. The van der Waals surface area contributed by atoms with Crippen LogP contribution in [0.5, 0.6) is 0 Å². The van der Waals surface area contributed by atoms with E-state index in [9.17, 15) is 17.6 Å². The molecule has 4 nitrogen and oxygen atoms in total. The Morgan fingerprint density at radius 2 is 1.32 bits per heavy atom. The minimum absolute atomic E-state index is 0.134. The summed E-state index contributed by atoms with van der Waals surface area (Å²) in [5, 5.41) is 5.37. The molecule has 3 aromatic rings. The second-order valence-electron chi connectivity index (χ2n) is 5.06. The van der Waals surface area contributed by atoms with Gasteiger partial charge in [0.2, 0.25) is 0 Å². The van der Waals surface area contributed by atoms with Crippen LogP contribution in [-0.2, 0) is 6.18 Å². The van der Waals surface area contributed by atoms with Gasteiger partial charge in [-0.05, 0) is 24.3 Å². The summed E-state index contributed by atoms with van der Waals surface area (Å²) < 4.78 is 52.8. The highest BCUT2D eigenvalue weighted by Gasteiger charge is 2.33. The fourth-order valence-corrected chi connectivity index (χ4v) is 2.17. The molecule has 0 spiro atoms. The molecule has 1 aromatic heterocycles. The normalized spacial score (nSPS) is 11.2. The molecule has 8 heteroatoms. The average molecular weight is 348 g/mol. The lowest BCUT2D eigenvalue weighted by Gasteiger charge is -2.14. The van der Waals surface area contributed by atoms with Crippen molar-refractivity contribution in [3.63, 3.8) is 0 Å². The molecule has 2 N–H and O–H groups in total. The van der Waals surface area contributed by atoms with E-state index in [-0.39, 0.29) is 23.0 Å². The van der Waals surface area contributed by atoms with E-state index in [0.717, 1.165) is 6.07 Å². The van der Waals surface area contributed by atoms with E-state index < -0.39 is 17.6 Å². The largest absolute Gasteiger partial charge is 0.418 e. The van der Waals surface area contributed by atoms with E-state index in [1.165, 1.54) is 42.7 Å². The van der Waals surface area contributed by atoms with E-state index in [1.54, 1.807) is 12.1 Å². The van der Waals surface area contributed by atoms with Crippen LogP contribution in [0.2, 0.25) is 0 Å². The van der Waals surface area contributed by atoms with Gasteiger partial charge in [-0.3, -0.25) is 0 Å². The zero-order valence-electron chi connectivity index (χ0n) is 12.7. The summed E-state index contributed by atoms with van der Waals surface area (Å²) in [4.78, 5) is 7.84. The third-order valence-electron chi connectivity index (χ3n) is 3.30. The molecular weight excluding hydrogens is 336 g/mol. The van der Waals surface area contributed by atoms with Crippen LogP contribution in [0.4, 0.5) is 40.6 Å². The predicted molar refractivity (Wildman–Crippen MR) is 86.4 cm³/mol. The van der Waals surface area contributed by atoms with Gasteiger partial charge in [-0.2, -0.15) is 13.2 Å². The Labute approximate surface area is 140 Å². The van der Waals surface area contributed by atoms with Crippen LogP contribution in [0, 0.1) is 5.82 Å². The van der Waals surface area contributed by atoms with Crippen molar-refractivity contribution in [2.45, 2.75) is 6.18 Å². The number of aromatic nitrogens is 2. The zero-order chi connectivity index (χ0) is 17.9. The Balaban J connectivity index is 1.85. The number of rotatable bonds is 4. The fourth-order valence-electron chi connectivity index (χ4n) is 2.17. The molecule has 0 radical (unpaired) electrons. The number of para-hydroxylation sites is 2. The van der Waals surface area contributed by atoms with Crippen molar-refractivity contribution in [1.82, 2.24) is 9.97 Å². The molecular formula is C17H12F4N4. The molecule has 0 atom stereocenters. The lowest BCUT2D eigenvalue weighted by atomic mass is 10.1. The number of hydrogen-bond donors (Lipinski definition) is 2. The summed E-state index contributed by atoms with van der Waals surface area (Å²) in [6.45, 7) is 0. The lowest BCUT2D eigenvalue weighted by molar-refractivity contribution is -0.136. The Hall–Kier alpha value is -3.16. The molecule has 1 heterocycles. The number of hydrogen-bond acceptors (Lipinski definition) is 4. The summed E-state index contributed by atoms with van der Waals surface area (Å²) in [6.07, 6.45) is -3.33. The Morgan fingerprint density at radius 1 is 0.760 bits per heavy atom.